The van der Waals surface area contributed by atoms with Crippen LogP contribution in [0.3, 0.4) is 0 Å². The Bertz CT molecular complexity index is 896. The summed E-state index contributed by atoms with van der Waals surface area (Å²) in [6, 6.07) is 8.70. The van der Waals surface area contributed by atoms with Gasteiger partial charge in [0, 0.05) is 23.1 Å². The molecule has 0 N–H and O–H groups in total. The van der Waals surface area contributed by atoms with Gasteiger partial charge < -0.3 is 9.64 Å². The molecule has 1 aromatic rings. The van der Waals surface area contributed by atoms with Crippen molar-refractivity contribution in [2.75, 3.05) is 0 Å². The lowest BCUT2D eigenvalue weighted by Crippen LogP contribution is -2.53. The number of carbonyl (C=O) groups excluding carboxylic acids is 1. The van der Waals surface area contributed by atoms with Crippen LogP contribution in [0.4, 0.5) is 4.79 Å². The maximum atomic E-state index is 13.0. The molecule has 2 heterocycles. The third kappa shape index (κ3) is 3.83. The van der Waals surface area contributed by atoms with Gasteiger partial charge in [0.05, 0.1) is 10.5 Å². The molecule has 2 bridgehead atoms. The highest BCUT2D eigenvalue weighted by atomic mass is 32.2. The average Bonchev–Trinajstić information content (AvgIpc) is 3.05. The summed E-state index contributed by atoms with van der Waals surface area (Å²) in [5.41, 5.74) is 2.78. The zero-order chi connectivity index (χ0) is 21.9. The summed E-state index contributed by atoms with van der Waals surface area (Å²) in [6.07, 6.45) is 4.43. The minimum Gasteiger partial charge on any atom is -0.444 e. The Hall–Kier alpha value is -1.69. The fourth-order valence-corrected chi connectivity index (χ4v) is 6.03. The fourth-order valence-electron chi connectivity index (χ4n) is 5.30. The molecule has 2 aliphatic heterocycles. The number of piperidine rings is 1. The number of hydrogen-bond donors (Lipinski definition) is 0. The molecule has 0 saturated carbocycles. The minimum absolute atomic E-state index is 0.144. The summed E-state index contributed by atoms with van der Waals surface area (Å²) < 4.78 is 23.2. The maximum Gasteiger partial charge on any atom is 0.410 e. The standard InChI is InChI=1S/C24H34N2O3S/c1-22(2,3)29-21(27)26-17-11-12-18(26)15-24(14-17)13-16-9-7-8-10-19(16)20(24)25-30(28)23(4,5)6/h7-10,17-18H,11-15H2,1-6H3/b25-20+/t17?,18?,24?,30-/m1/s1. The molecule has 2 unspecified atom stereocenters. The van der Waals surface area contributed by atoms with Gasteiger partial charge in [-0.3, -0.25) is 0 Å². The van der Waals surface area contributed by atoms with Crippen LogP contribution in [-0.4, -0.2) is 43.3 Å². The number of ether oxygens (including phenoxy) is 1. The Balaban J connectivity index is 1.69. The van der Waals surface area contributed by atoms with Crippen LogP contribution in [0.15, 0.2) is 28.7 Å². The molecular weight excluding hydrogens is 396 g/mol. The number of rotatable bonds is 1. The molecule has 3 aliphatic rings. The molecule has 6 heteroatoms. The lowest BCUT2D eigenvalue weighted by Gasteiger charge is -2.45. The second-order valence-corrected chi connectivity index (χ2v) is 13.0. The van der Waals surface area contributed by atoms with Gasteiger partial charge >= 0.3 is 6.09 Å². The third-order valence-electron chi connectivity index (χ3n) is 6.48. The zero-order valence-electron chi connectivity index (χ0n) is 19.0. The molecule has 1 amide bonds. The van der Waals surface area contributed by atoms with Crippen LogP contribution in [0, 0.1) is 5.41 Å². The topological polar surface area (TPSA) is 59.0 Å². The van der Waals surface area contributed by atoms with E-state index >= 15 is 0 Å². The predicted molar refractivity (Wildman–Crippen MR) is 121 cm³/mol. The van der Waals surface area contributed by atoms with Crippen molar-refractivity contribution in [1.29, 1.82) is 0 Å². The van der Waals surface area contributed by atoms with Crippen LogP contribution in [0.2, 0.25) is 0 Å². The van der Waals surface area contributed by atoms with E-state index in [0.29, 0.717) is 0 Å². The van der Waals surface area contributed by atoms with Crippen molar-refractivity contribution in [3.8, 4) is 0 Å². The van der Waals surface area contributed by atoms with Crippen molar-refractivity contribution in [1.82, 2.24) is 4.90 Å². The lowest BCUT2D eigenvalue weighted by atomic mass is 9.71. The Morgan fingerprint density at radius 1 is 1.10 bits per heavy atom. The minimum atomic E-state index is -1.31. The second-order valence-electron chi connectivity index (χ2n) is 11.1. The number of amides is 1. The van der Waals surface area contributed by atoms with Crippen LogP contribution >= 0.6 is 0 Å². The maximum absolute atomic E-state index is 13.0. The Morgan fingerprint density at radius 3 is 2.27 bits per heavy atom. The summed E-state index contributed by atoms with van der Waals surface area (Å²) in [5.74, 6) is 0. The van der Waals surface area contributed by atoms with E-state index in [9.17, 15) is 9.00 Å². The third-order valence-corrected chi connectivity index (χ3v) is 7.87. The molecule has 5 nitrogen and oxygen atoms in total. The lowest BCUT2D eigenvalue weighted by molar-refractivity contribution is -0.00228. The first-order valence-corrected chi connectivity index (χ1v) is 12.1. The van der Waals surface area contributed by atoms with Crippen LogP contribution < -0.4 is 0 Å². The first-order valence-electron chi connectivity index (χ1n) is 11.0. The van der Waals surface area contributed by atoms with Gasteiger partial charge in [-0.05, 0) is 79.2 Å². The van der Waals surface area contributed by atoms with Crippen molar-refractivity contribution >= 4 is 22.8 Å². The number of carbonyl (C=O) groups is 1. The summed E-state index contributed by atoms with van der Waals surface area (Å²) in [4.78, 5) is 14.9. The Kier molecular flexibility index (Phi) is 5.16. The SMILES string of the molecule is CC(C)(C)OC(=O)N1C2CCC1CC1(Cc3ccccc3/C1=N\[S@](=O)C(C)(C)C)C2. The van der Waals surface area contributed by atoms with Gasteiger partial charge in [0.25, 0.3) is 0 Å². The van der Waals surface area contributed by atoms with Gasteiger partial charge in [0.1, 0.15) is 16.6 Å². The number of benzene rings is 1. The number of hydrogen-bond acceptors (Lipinski definition) is 3. The van der Waals surface area contributed by atoms with E-state index in [1.807, 2.05) is 52.5 Å². The van der Waals surface area contributed by atoms with Crippen LogP contribution in [-0.2, 0) is 22.1 Å². The number of nitrogens with zero attached hydrogens (tertiary/aromatic N) is 2. The van der Waals surface area contributed by atoms with Crippen LogP contribution in [0.25, 0.3) is 0 Å². The molecule has 1 aromatic carbocycles. The molecule has 3 atom stereocenters. The van der Waals surface area contributed by atoms with E-state index in [0.717, 1.165) is 43.4 Å². The summed E-state index contributed by atoms with van der Waals surface area (Å²) in [7, 11) is -1.31. The molecule has 4 rings (SSSR count). The molecule has 2 fully saturated rings. The highest BCUT2D eigenvalue weighted by Gasteiger charge is 2.55. The molecule has 0 aromatic heterocycles. The predicted octanol–water partition coefficient (Wildman–Crippen LogP) is 5.04. The van der Waals surface area contributed by atoms with Gasteiger partial charge in [0.2, 0.25) is 0 Å². The normalized spacial score (nSPS) is 30.6. The molecule has 1 spiro atoms. The van der Waals surface area contributed by atoms with E-state index in [1.54, 1.807) is 0 Å². The largest absolute Gasteiger partial charge is 0.444 e. The second kappa shape index (κ2) is 7.18. The molecule has 2 saturated heterocycles. The molecule has 30 heavy (non-hydrogen) atoms. The Morgan fingerprint density at radius 2 is 1.70 bits per heavy atom. The summed E-state index contributed by atoms with van der Waals surface area (Å²) >= 11 is 0. The van der Waals surface area contributed by atoms with Crippen molar-refractivity contribution in [3.05, 3.63) is 35.4 Å². The fraction of sp³-hybridized carbons (Fsp3) is 0.667. The smallest absolute Gasteiger partial charge is 0.410 e. The monoisotopic (exact) mass is 430 g/mol. The van der Waals surface area contributed by atoms with Crippen molar-refractivity contribution in [3.63, 3.8) is 0 Å². The van der Waals surface area contributed by atoms with Crippen molar-refractivity contribution in [2.45, 2.75) is 96.1 Å². The van der Waals surface area contributed by atoms with E-state index in [2.05, 4.69) is 18.2 Å². The van der Waals surface area contributed by atoms with Gasteiger partial charge in [-0.2, -0.15) is 4.40 Å². The van der Waals surface area contributed by atoms with Gasteiger partial charge in [-0.25, -0.2) is 9.00 Å². The molecular formula is C24H34N2O3S. The van der Waals surface area contributed by atoms with Gasteiger partial charge in [-0.1, -0.05) is 24.3 Å². The first kappa shape index (κ1) is 21.5. The van der Waals surface area contributed by atoms with E-state index in [1.165, 1.54) is 5.56 Å². The summed E-state index contributed by atoms with van der Waals surface area (Å²) in [6.45, 7) is 11.6. The first-order chi connectivity index (χ1) is 13.9. The quantitative estimate of drug-likeness (QED) is 0.627. The van der Waals surface area contributed by atoms with Crippen molar-refractivity contribution < 1.29 is 13.7 Å². The molecule has 0 radical (unpaired) electrons. The Labute approximate surface area is 182 Å². The molecule has 164 valence electrons. The van der Waals surface area contributed by atoms with Gasteiger partial charge in [0.15, 0.2) is 0 Å². The van der Waals surface area contributed by atoms with Crippen LogP contribution in [0.1, 0.15) is 78.4 Å². The van der Waals surface area contributed by atoms with E-state index < -0.39 is 21.3 Å². The van der Waals surface area contributed by atoms with E-state index in [-0.39, 0.29) is 23.6 Å². The zero-order valence-corrected chi connectivity index (χ0v) is 19.8. The summed E-state index contributed by atoms with van der Waals surface area (Å²) in [5, 5.41) is 0. The molecule has 1 aliphatic carbocycles. The highest BCUT2D eigenvalue weighted by molar-refractivity contribution is 7.85. The highest BCUT2D eigenvalue weighted by Crippen LogP contribution is 2.53. The van der Waals surface area contributed by atoms with Crippen LogP contribution in [0.5, 0.6) is 0 Å². The van der Waals surface area contributed by atoms with Gasteiger partial charge in [-0.15, -0.1) is 0 Å². The van der Waals surface area contributed by atoms with Crippen molar-refractivity contribution in [2.24, 2.45) is 9.81 Å². The number of fused-ring (bicyclic) bond motifs is 3. The average molecular weight is 431 g/mol. The van der Waals surface area contributed by atoms with E-state index in [4.69, 9.17) is 9.13 Å².